The summed E-state index contributed by atoms with van der Waals surface area (Å²) in [5.74, 6) is -1.05. The number of hydrogen-bond acceptors (Lipinski definition) is 5. The largest absolute Gasteiger partial charge is 0.478 e. The van der Waals surface area contributed by atoms with E-state index in [1.807, 2.05) is 0 Å². The summed E-state index contributed by atoms with van der Waals surface area (Å²) in [6.45, 7) is 0. The van der Waals surface area contributed by atoms with Crippen LogP contribution in [0.5, 0.6) is 0 Å². The van der Waals surface area contributed by atoms with Crippen molar-refractivity contribution in [3.8, 4) is 11.3 Å². The molecule has 0 radical (unpaired) electrons. The Morgan fingerprint density at radius 2 is 1.75 bits per heavy atom. The fourth-order valence-electron chi connectivity index (χ4n) is 2.85. The monoisotopic (exact) mass is 413 g/mol. The van der Waals surface area contributed by atoms with Crippen molar-refractivity contribution >= 4 is 38.5 Å². The molecule has 0 saturated heterocycles. The van der Waals surface area contributed by atoms with Gasteiger partial charge < -0.3 is 5.11 Å². The molecule has 4 rings (SSSR count). The minimum absolute atomic E-state index is 0.0642. The fraction of sp³-hybridized carbons (Fsp3) is 0. The normalized spacial score (nSPS) is 11.6. The van der Waals surface area contributed by atoms with Gasteiger partial charge in [0.15, 0.2) is 0 Å². The quantitative estimate of drug-likeness (QED) is 0.547. The number of carbonyl (C=O) groups is 1. The zero-order chi connectivity index (χ0) is 19.9. The van der Waals surface area contributed by atoms with Gasteiger partial charge in [-0.15, -0.1) is 0 Å². The van der Waals surface area contributed by atoms with Gasteiger partial charge in [0.2, 0.25) is 0 Å². The Hall–Kier alpha value is -3.23. The number of pyridine rings is 1. The molecule has 0 saturated carbocycles. The molecule has 4 aromatic rings. The minimum Gasteiger partial charge on any atom is -0.478 e. The molecular formula is C19H12ClN3O4S. The summed E-state index contributed by atoms with van der Waals surface area (Å²) < 4.78 is 27.3. The third-order valence-electron chi connectivity index (χ3n) is 4.20. The molecule has 2 aromatic carbocycles. The topological polar surface area (TPSA) is 102 Å². The molecular weight excluding hydrogens is 402 g/mol. The molecule has 0 atom stereocenters. The first-order valence-electron chi connectivity index (χ1n) is 8.06. The van der Waals surface area contributed by atoms with Crippen molar-refractivity contribution in [2.24, 2.45) is 0 Å². The summed E-state index contributed by atoms with van der Waals surface area (Å²) in [4.78, 5) is 15.1. The maximum absolute atomic E-state index is 13.2. The summed E-state index contributed by atoms with van der Waals surface area (Å²) in [6, 6.07) is 13.7. The van der Waals surface area contributed by atoms with Crippen LogP contribution in [0.3, 0.4) is 0 Å². The van der Waals surface area contributed by atoms with Gasteiger partial charge in [0.25, 0.3) is 10.0 Å². The molecule has 2 aromatic heterocycles. The Morgan fingerprint density at radius 1 is 1.04 bits per heavy atom. The minimum atomic E-state index is -4.05. The van der Waals surface area contributed by atoms with E-state index in [9.17, 15) is 13.2 Å². The van der Waals surface area contributed by atoms with Crippen molar-refractivity contribution in [3.63, 3.8) is 0 Å². The van der Waals surface area contributed by atoms with Crippen LogP contribution in [0.4, 0.5) is 0 Å². The van der Waals surface area contributed by atoms with E-state index in [0.29, 0.717) is 22.2 Å². The van der Waals surface area contributed by atoms with E-state index in [2.05, 4.69) is 10.1 Å². The first-order valence-corrected chi connectivity index (χ1v) is 9.88. The molecule has 0 amide bonds. The summed E-state index contributed by atoms with van der Waals surface area (Å²) in [7, 11) is -4.05. The van der Waals surface area contributed by atoms with Crippen LogP contribution in [0.15, 0.2) is 71.9 Å². The number of fused-ring (bicyclic) bond motifs is 1. The van der Waals surface area contributed by atoms with E-state index in [0.717, 1.165) is 4.09 Å². The number of aromatic nitrogens is 3. The lowest BCUT2D eigenvalue weighted by molar-refractivity contribution is 0.0697. The van der Waals surface area contributed by atoms with Gasteiger partial charge in [0.1, 0.15) is 10.6 Å². The maximum atomic E-state index is 13.2. The number of aromatic carboxylic acids is 1. The van der Waals surface area contributed by atoms with Gasteiger partial charge in [-0.1, -0.05) is 35.9 Å². The Labute approximate surface area is 164 Å². The summed E-state index contributed by atoms with van der Waals surface area (Å²) in [5.41, 5.74) is 1.40. The zero-order valence-corrected chi connectivity index (χ0v) is 15.7. The van der Waals surface area contributed by atoms with Crippen LogP contribution in [0.25, 0.3) is 22.2 Å². The molecule has 0 spiro atoms. The van der Waals surface area contributed by atoms with E-state index >= 15 is 0 Å². The molecule has 1 N–H and O–H groups in total. The number of carboxylic acids is 1. The van der Waals surface area contributed by atoms with Crippen molar-refractivity contribution in [2.75, 3.05) is 0 Å². The van der Waals surface area contributed by atoms with Gasteiger partial charge in [-0.3, -0.25) is 4.98 Å². The average Bonchev–Trinajstić information content (AvgIpc) is 3.09. The van der Waals surface area contributed by atoms with Gasteiger partial charge in [0, 0.05) is 23.3 Å². The summed E-state index contributed by atoms with van der Waals surface area (Å²) in [5, 5.41) is 14.0. The standard InChI is InChI=1S/C19H12ClN3O4S/c20-15-3-1-2-4-17(15)28(26,27)23-16-9-10-21-11-14(16)18(22-23)12-5-7-13(8-6-12)19(24)25/h1-11H,(H,24,25). The summed E-state index contributed by atoms with van der Waals surface area (Å²) >= 11 is 6.09. The smallest absolute Gasteiger partial charge is 0.335 e. The second-order valence-electron chi connectivity index (χ2n) is 5.90. The lowest BCUT2D eigenvalue weighted by Crippen LogP contribution is -2.15. The number of nitrogens with zero attached hydrogens (tertiary/aromatic N) is 3. The van der Waals surface area contributed by atoms with Crippen LogP contribution in [0.2, 0.25) is 5.02 Å². The highest BCUT2D eigenvalue weighted by molar-refractivity contribution is 7.90. The highest BCUT2D eigenvalue weighted by Gasteiger charge is 2.25. The van der Waals surface area contributed by atoms with Crippen LogP contribution in [0.1, 0.15) is 10.4 Å². The Bertz CT molecular complexity index is 1310. The number of benzene rings is 2. The lowest BCUT2D eigenvalue weighted by Gasteiger charge is -2.07. The summed E-state index contributed by atoms with van der Waals surface area (Å²) in [6.07, 6.45) is 2.99. The number of halogens is 1. The van der Waals surface area contributed by atoms with Crippen molar-refractivity contribution in [2.45, 2.75) is 4.90 Å². The molecule has 0 unspecified atom stereocenters. The van der Waals surface area contributed by atoms with Crippen LogP contribution in [-0.4, -0.2) is 33.7 Å². The predicted octanol–water partition coefficient (Wildman–Crippen LogP) is 3.69. The molecule has 0 aliphatic rings. The molecule has 0 aliphatic heterocycles. The van der Waals surface area contributed by atoms with Gasteiger partial charge in [-0.25, -0.2) is 4.79 Å². The van der Waals surface area contributed by atoms with E-state index in [1.54, 1.807) is 30.3 Å². The van der Waals surface area contributed by atoms with Crippen LogP contribution in [-0.2, 0) is 10.0 Å². The SMILES string of the molecule is O=C(O)c1ccc(-c2nn(S(=O)(=O)c3ccccc3Cl)c3ccncc23)cc1. The van der Waals surface area contributed by atoms with Crippen LogP contribution >= 0.6 is 11.6 Å². The number of carboxylic acid groups (broad SMARTS) is 1. The average molecular weight is 414 g/mol. The first-order chi connectivity index (χ1) is 13.4. The predicted molar refractivity (Wildman–Crippen MR) is 104 cm³/mol. The van der Waals surface area contributed by atoms with Gasteiger partial charge in [-0.05, 0) is 30.3 Å². The lowest BCUT2D eigenvalue weighted by atomic mass is 10.1. The van der Waals surface area contributed by atoms with Crippen LogP contribution in [0, 0.1) is 0 Å². The third kappa shape index (κ3) is 2.92. The van der Waals surface area contributed by atoms with Gasteiger partial charge in [0.05, 0.1) is 16.1 Å². The van der Waals surface area contributed by atoms with Gasteiger partial charge >= 0.3 is 5.97 Å². The van der Waals surface area contributed by atoms with E-state index < -0.39 is 16.0 Å². The van der Waals surface area contributed by atoms with Crippen molar-refractivity contribution in [1.82, 2.24) is 14.2 Å². The fourth-order valence-corrected chi connectivity index (χ4v) is 4.64. The molecule has 140 valence electrons. The second-order valence-corrected chi connectivity index (χ2v) is 8.05. The number of rotatable bonds is 4. The Kier molecular flexibility index (Phi) is 4.37. The van der Waals surface area contributed by atoms with Gasteiger partial charge in [-0.2, -0.15) is 17.6 Å². The maximum Gasteiger partial charge on any atom is 0.335 e. The first kappa shape index (κ1) is 18.1. The molecule has 7 nitrogen and oxygen atoms in total. The van der Waals surface area contributed by atoms with Crippen LogP contribution < -0.4 is 0 Å². The van der Waals surface area contributed by atoms with E-state index in [1.165, 1.54) is 36.7 Å². The molecule has 0 fully saturated rings. The molecule has 9 heteroatoms. The highest BCUT2D eigenvalue weighted by Crippen LogP contribution is 2.31. The highest BCUT2D eigenvalue weighted by atomic mass is 35.5. The Balaban J connectivity index is 1.95. The van der Waals surface area contributed by atoms with Crippen molar-refractivity contribution in [3.05, 3.63) is 77.6 Å². The number of hydrogen-bond donors (Lipinski definition) is 1. The van der Waals surface area contributed by atoms with E-state index in [-0.39, 0.29) is 15.5 Å². The third-order valence-corrected chi connectivity index (χ3v) is 6.28. The van der Waals surface area contributed by atoms with Crippen molar-refractivity contribution in [1.29, 1.82) is 0 Å². The van der Waals surface area contributed by atoms with E-state index in [4.69, 9.17) is 16.7 Å². The molecule has 0 aliphatic carbocycles. The molecule has 0 bridgehead atoms. The second kappa shape index (κ2) is 6.74. The molecule has 2 heterocycles. The van der Waals surface area contributed by atoms with Crippen molar-refractivity contribution < 1.29 is 18.3 Å². The molecule has 28 heavy (non-hydrogen) atoms. The zero-order valence-electron chi connectivity index (χ0n) is 14.2. The Morgan fingerprint density at radius 3 is 2.43 bits per heavy atom.